The number of rotatable bonds is 3. The van der Waals surface area contributed by atoms with Crippen molar-refractivity contribution in [1.29, 1.82) is 0 Å². The van der Waals surface area contributed by atoms with Crippen LogP contribution in [0.15, 0.2) is 6.20 Å². The number of fused-ring (bicyclic) bond motifs is 1. The zero-order valence-corrected chi connectivity index (χ0v) is 11.4. The van der Waals surface area contributed by atoms with E-state index in [4.69, 9.17) is 26.2 Å². The Morgan fingerprint density at radius 3 is 3.00 bits per heavy atom. The number of imidazole rings is 1. The molecule has 1 aliphatic rings. The normalized spacial score (nSPS) is 26.3. The highest BCUT2D eigenvalue weighted by Crippen LogP contribution is 2.34. The number of aliphatic hydroxyl groups is 2. The molecule has 0 radical (unpaired) electrons. The minimum atomic E-state index is -0.760. The number of halogens is 1. The molecular weight excluding hydrogens is 288 g/mol. The summed E-state index contributed by atoms with van der Waals surface area (Å²) in [6.45, 7) is -0.262. The average Bonchev–Trinajstić information content (AvgIpc) is 2.98. The van der Waals surface area contributed by atoms with E-state index in [-0.39, 0.29) is 17.9 Å². The highest BCUT2D eigenvalue weighted by molar-refractivity contribution is 6.28. The van der Waals surface area contributed by atoms with Gasteiger partial charge in [-0.25, -0.2) is 4.98 Å². The van der Waals surface area contributed by atoms with Crippen LogP contribution in [0, 0.1) is 0 Å². The van der Waals surface area contributed by atoms with Crippen LogP contribution in [0.25, 0.3) is 11.2 Å². The van der Waals surface area contributed by atoms with Crippen molar-refractivity contribution in [2.45, 2.75) is 24.9 Å². The van der Waals surface area contributed by atoms with Crippen LogP contribution in [-0.4, -0.2) is 55.7 Å². The Morgan fingerprint density at radius 1 is 1.55 bits per heavy atom. The van der Waals surface area contributed by atoms with Crippen LogP contribution in [0.3, 0.4) is 0 Å². The molecule has 20 heavy (non-hydrogen) atoms. The lowest BCUT2D eigenvalue weighted by Gasteiger charge is -2.15. The first-order chi connectivity index (χ1) is 9.63. The van der Waals surface area contributed by atoms with Crippen LogP contribution in [0.5, 0.6) is 6.01 Å². The summed E-state index contributed by atoms with van der Waals surface area (Å²) in [5.41, 5.74) is 0.967. The van der Waals surface area contributed by atoms with Gasteiger partial charge in [0.15, 0.2) is 5.65 Å². The Labute approximate surface area is 118 Å². The third-order valence-corrected chi connectivity index (χ3v) is 3.41. The van der Waals surface area contributed by atoms with Crippen LogP contribution in [0.4, 0.5) is 0 Å². The van der Waals surface area contributed by atoms with Crippen LogP contribution < -0.4 is 4.74 Å². The fourth-order valence-corrected chi connectivity index (χ4v) is 2.42. The maximum absolute atomic E-state index is 9.83. The maximum Gasteiger partial charge on any atom is 0.300 e. The highest BCUT2D eigenvalue weighted by atomic mass is 35.5. The molecule has 1 fully saturated rings. The van der Waals surface area contributed by atoms with Crippen molar-refractivity contribution in [2.75, 3.05) is 13.7 Å². The molecule has 2 aromatic heterocycles. The zero-order chi connectivity index (χ0) is 14.3. The van der Waals surface area contributed by atoms with E-state index >= 15 is 0 Å². The number of hydrogen-bond acceptors (Lipinski definition) is 7. The predicted molar refractivity (Wildman–Crippen MR) is 68.5 cm³/mol. The lowest BCUT2D eigenvalue weighted by Crippen LogP contribution is -2.24. The minimum absolute atomic E-state index is 0.0820. The molecule has 2 N–H and O–H groups in total. The van der Waals surface area contributed by atoms with Crippen LogP contribution in [0.1, 0.15) is 12.6 Å². The van der Waals surface area contributed by atoms with Gasteiger partial charge in [0.2, 0.25) is 5.28 Å². The van der Waals surface area contributed by atoms with Crippen molar-refractivity contribution in [3.05, 3.63) is 11.5 Å². The first-order valence-corrected chi connectivity index (χ1v) is 6.40. The van der Waals surface area contributed by atoms with Gasteiger partial charge in [-0.3, -0.25) is 4.57 Å². The van der Waals surface area contributed by atoms with E-state index in [1.165, 1.54) is 13.3 Å². The number of aliphatic hydroxyl groups excluding tert-OH is 2. The van der Waals surface area contributed by atoms with Crippen molar-refractivity contribution < 1.29 is 19.7 Å². The molecule has 8 nitrogen and oxygen atoms in total. The van der Waals surface area contributed by atoms with E-state index in [0.29, 0.717) is 17.6 Å². The van der Waals surface area contributed by atoms with E-state index in [0.717, 1.165) is 0 Å². The summed E-state index contributed by atoms with van der Waals surface area (Å²) in [4.78, 5) is 12.2. The summed E-state index contributed by atoms with van der Waals surface area (Å²) in [5.74, 6) is 0. The Hall–Kier alpha value is -1.48. The van der Waals surface area contributed by atoms with Gasteiger partial charge in [-0.2, -0.15) is 9.97 Å². The van der Waals surface area contributed by atoms with Crippen molar-refractivity contribution in [1.82, 2.24) is 19.5 Å². The summed E-state index contributed by atoms with van der Waals surface area (Å²) in [6.07, 6.45) is -0.148. The van der Waals surface area contributed by atoms with E-state index in [2.05, 4.69) is 15.0 Å². The topological polar surface area (TPSA) is 103 Å². The molecule has 0 aliphatic carbocycles. The van der Waals surface area contributed by atoms with Crippen molar-refractivity contribution in [3.63, 3.8) is 0 Å². The van der Waals surface area contributed by atoms with Crippen LogP contribution in [-0.2, 0) is 4.74 Å². The maximum atomic E-state index is 9.83. The van der Waals surface area contributed by atoms with E-state index in [1.54, 1.807) is 4.57 Å². The minimum Gasteiger partial charge on any atom is -0.468 e. The smallest absolute Gasteiger partial charge is 0.300 e. The van der Waals surface area contributed by atoms with Gasteiger partial charge in [-0.05, 0) is 11.6 Å². The molecule has 3 heterocycles. The van der Waals surface area contributed by atoms with Gasteiger partial charge >= 0.3 is 6.01 Å². The van der Waals surface area contributed by atoms with Crippen LogP contribution >= 0.6 is 11.6 Å². The Balaban J connectivity index is 2.08. The summed E-state index contributed by atoms with van der Waals surface area (Å²) in [7, 11) is 1.47. The molecule has 9 heteroatoms. The molecule has 0 saturated carbocycles. The highest BCUT2D eigenvalue weighted by Gasteiger charge is 2.37. The third-order valence-electron chi connectivity index (χ3n) is 3.23. The van der Waals surface area contributed by atoms with E-state index in [9.17, 15) is 5.11 Å². The first kappa shape index (κ1) is 13.5. The number of methoxy groups -OCH3 is 1. The molecule has 2 aromatic rings. The number of aromatic nitrogens is 4. The molecule has 0 aromatic carbocycles. The van der Waals surface area contributed by atoms with Gasteiger partial charge in [0.05, 0.1) is 26.0 Å². The molecule has 0 unspecified atom stereocenters. The Kier molecular flexibility index (Phi) is 3.47. The molecule has 0 spiro atoms. The number of ether oxygens (including phenoxy) is 2. The van der Waals surface area contributed by atoms with Gasteiger partial charge in [0.25, 0.3) is 0 Å². The fraction of sp³-hybridized carbons (Fsp3) is 0.545. The summed E-state index contributed by atoms with van der Waals surface area (Å²) in [6, 6.07) is 0.285. The molecule has 1 aliphatic heterocycles. The van der Waals surface area contributed by atoms with Crippen molar-refractivity contribution >= 4 is 22.8 Å². The number of nitrogens with zero attached hydrogens (tertiary/aromatic N) is 4. The fourth-order valence-electron chi connectivity index (χ4n) is 2.29. The summed E-state index contributed by atoms with van der Waals surface area (Å²) < 4.78 is 12.4. The molecule has 3 atom stereocenters. The largest absolute Gasteiger partial charge is 0.468 e. The molecule has 1 saturated heterocycles. The lowest BCUT2D eigenvalue weighted by molar-refractivity contribution is -0.0450. The second-order valence-electron chi connectivity index (χ2n) is 4.43. The first-order valence-electron chi connectivity index (χ1n) is 6.03. The summed E-state index contributed by atoms with van der Waals surface area (Å²) in [5, 5.41) is 19.1. The molecule has 0 bridgehead atoms. The zero-order valence-electron chi connectivity index (χ0n) is 10.6. The number of hydrogen-bond donors (Lipinski definition) is 2. The molecule has 108 valence electrons. The molecule has 0 amide bonds. The van der Waals surface area contributed by atoms with Crippen LogP contribution in [0.2, 0.25) is 5.28 Å². The van der Waals surface area contributed by atoms with Gasteiger partial charge in [-0.1, -0.05) is 0 Å². The lowest BCUT2D eigenvalue weighted by atomic mass is 10.2. The second kappa shape index (κ2) is 5.13. The standard InChI is InChI=1S/C11H13ClN4O4/c1-19-11-14-5-3-13-10(12)15-9(5)16(11)8-2-6(18)7(4-17)20-8/h3,6-8,17-18H,2,4H2,1H3/t6-,7+,8+/m1/s1. The van der Waals surface area contributed by atoms with Gasteiger partial charge in [0.1, 0.15) is 17.8 Å². The quantitative estimate of drug-likeness (QED) is 0.777. The predicted octanol–water partition coefficient (Wildman–Crippen LogP) is 0.129. The van der Waals surface area contributed by atoms with Gasteiger partial charge in [-0.15, -0.1) is 0 Å². The Morgan fingerprint density at radius 2 is 2.35 bits per heavy atom. The van der Waals surface area contributed by atoms with Gasteiger partial charge in [0, 0.05) is 6.42 Å². The molecular formula is C11H13ClN4O4. The monoisotopic (exact) mass is 300 g/mol. The summed E-state index contributed by atoms with van der Waals surface area (Å²) >= 11 is 5.80. The van der Waals surface area contributed by atoms with Crippen molar-refractivity contribution in [3.8, 4) is 6.01 Å². The SMILES string of the molecule is COc1nc2cnc(Cl)nc2n1[C@@H]1C[C@@H](O)[C@H](CO)O1. The molecule has 3 rings (SSSR count). The second-order valence-corrected chi connectivity index (χ2v) is 4.77. The van der Waals surface area contributed by atoms with Gasteiger partial charge < -0.3 is 19.7 Å². The van der Waals surface area contributed by atoms with E-state index < -0.39 is 18.4 Å². The van der Waals surface area contributed by atoms with Crippen molar-refractivity contribution in [2.24, 2.45) is 0 Å². The Bertz CT molecular complexity index is 634. The van der Waals surface area contributed by atoms with E-state index in [1.807, 2.05) is 0 Å². The third kappa shape index (κ3) is 2.10. The average molecular weight is 301 g/mol.